The van der Waals surface area contributed by atoms with Gasteiger partial charge in [-0.25, -0.2) is 8.78 Å². The van der Waals surface area contributed by atoms with Crippen molar-refractivity contribution in [2.45, 2.75) is 19.0 Å². The summed E-state index contributed by atoms with van der Waals surface area (Å²) in [5.74, 6) is 0. The van der Waals surface area contributed by atoms with Gasteiger partial charge in [-0.15, -0.1) is 0 Å². The van der Waals surface area contributed by atoms with Gasteiger partial charge < -0.3 is 0 Å². The van der Waals surface area contributed by atoms with Crippen LogP contribution in [0.5, 0.6) is 0 Å². The van der Waals surface area contributed by atoms with E-state index in [-0.39, 0.29) is 0 Å². The Balaban J connectivity index is 3.65. The molecule has 0 spiro atoms. The van der Waals surface area contributed by atoms with Crippen LogP contribution in [0.2, 0.25) is 0 Å². The van der Waals surface area contributed by atoms with E-state index in [4.69, 9.17) is 10.5 Å². The topological polar surface area (TPSA) is 60.5 Å². The number of aromatic nitrogens is 1. The molecule has 0 fully saturated rings. The molecule has 1 aromatic rings. The van der Waals surface area contributed by atoms with Crippen molar-refractivity contribution in [1.29, 1.82) is 10.5 Å². The first-order valence-electron chi connectivity index (χ1n) is 4.47. The molecule has 0 saturated heterocycles. The van der Waals surface area contributed by atoms with E-state index in [2.05, 4.69) is 4.98 Å². The summed E-state index contributed by atoms with van der Waals surface area (Å²) in [4.78, 5) is 2.95. The maximum Gasteiger partial charge on any atom is 0.433 e. The van der Waals surface area contributed by atoms with Gasteiger partial charge in [0.2, 0.25) is 0 Å². The maximum absolute atomic E-state index is 12.7. The number of alkyl halides is 5. The molecule has 0 aliphatic rings. The molecule has 0 amide bonds. The molecule has 1 rings (SSSR count). The van der Waals surface area contributed by atoms with Crippen molar-refractivity contribution in [2.75, 3.05) is 0 Å². The van der Waals surface area contributed by atoms with Gasteiger partial charge >= 0.3 is 6.18 Å². The predicted molar refractivity (Wildman–Crippen MR) is 48.2 cm³/mol. The van der Waals surface area contributed by atoms with Crippen LogP contribution >= 0.6 is 0 Å². The van der Waals surface area contributed by atoms with Gasteiger partial charge in [-0.2, -0.15) is 23.7 Å². The highest BCUT2D eigenvalue weighted by molar-refractivity contribution is 5.46. The van der Waals surface area contributed by atoms with E-state index in [1.165, 1.54) is 12.1 Å². The first-order valence-corrected chi connectivity index (χ1v) is 4.47. The van der Waals surface area contributed by atoms with Crippen LogP contribution in [0.15, 0.2) is 6.20 Å². The largest absolute Gasteiger partial charge is 0.433 e. The second-order valence-electron chi connectivity index (χ2n) is 3.16. The Morgan fingerprint density at radius 2 is 1.89 bits per heavy atom. The van der Waals surface area contributed by atoms with E-state index in [0.717, 1.165) is 0 Å². The van der Waals surface area contributed by atoms with Crippen molar-refractivity contribution in [3.05, 3.63) is 28.6 Å². The summed E-state index contributed by atoms with van der Waals surface area (Å²) in [5, 5.41) is 17.0. The van der Waals surface area contributed by atoms with Crippen molar-refractivity contribution in [2.24, 2.45) is 0 Å². The fourth-order valence-corrected chi connectivity index (χ4v) is 1.41. The molecule has 0 N–H and O–H groups in total. The Kier molecular flexibility index (Phi) is 3.82. The molecule has 0 aliphatic heterocycles. The Hall–Kier alpha value is -2.22. The minimum absolute atomic E-state index is 0.436. The predicted octanol–water partition coefficient (Wildman–Crippen LogP) is 2.98. The van der Waals surface area contributed by atoms with E-state index < -0.39 is 41.4 Å². The zero-order valence-corrected chi connectivity index (χ0v) is 8.59. The number of halogens is 5. The molecule has 0 bridgehead atoms. The van der Waals surface area contributed by atoms with Crippen molar-refractivity contribution in [3.63, 3.8) is 0 Å². The molecule has 3 nitrogen and oxygen atoms in total. The van der Waals surface area contributed by atoms with Crippen LogP contribution in [0.1, 0.15) is 28.8 Å². The minimum atomic E-state index is -4.95. The second-order valence-corrected chi connectivity index (χ2v) is 3.16. The highest BCUT2D eigenvalue weighted by Gasteiger charge is 2.38. The summed E-state index contributed by atoms with van der Waals surface area (Å²) in [6, 6.07) is 2.70. The zero-order valence-electron chi connectivity index (χ0n) is 8.59. The molecule has 0 saturated carbocycles. The third-order valence-corrected chi connectivity index (χ3v) is 2.09. The smallest absolute Gasteiger partial charge is 0.250 e. The number of hydrogen-bond acceptors (Lipinski definition) is 3. The molecule has 94 valence electrons. The third-order valence-electron chi connectivity index (χ3n) is 2.09. The van der Waals surface area contributed by atoms with E-state index in [9.17, 15) is 22.0 Å². The first kappa shape index (κ1) is 13.8. The molecule has 0 aromatic carbocycles. The summed E-state index contributed by atoms with van der Waals surface area (Å²) in [5.41, 5.74) is -4.25. The summed E-state index contributed by atoms with van der Waals surface area (Å²) in [7, 11) is 0. The number of nitriles is 2. The lowest BCUT2D eigenvalue weighted by Gasteiger charge is -2.14. The molecule has 8 heteroatoms. The number of rotatable bonds is 2. The molecular formula is C10H4F5N3. The van der Waals surface area contributed by atoms with E-state index in [0.29, 0.717) is 6.20 Å². The molecule has 1 heterocycles. The van der Waals surface area contributed by atoms with Gasteiger partial charge in [-0.3, -0.25) is 4.98 Å². The van der Waals surface area contributed by atoms with E-state index in [1.807, 2.05) is 0 Å². The van der Waals surface area contributed by atoms with Gasteiger partial charge in [0.15, 0.2) is 0 Å². The lowest BCUT2D eigenvalue weighted by Crippen LogP contribution is -2.15. The van der Waals surface area contributed by atoms with Gasteiger partial charge in [0, 0.05) is 17.3 Å². The van der Waals surface area contributed by atoms with Crippen LogP contribution in [0, 0.1) is 22.7 Å². The van der Waals surface area contributed by atoms with Gasteiger partial charge in [0.1, 0.15) is 11.8 Å². The Labute approximate surface area is 98.1 Å². The van der Waals surface area contributed by atoms with E-state index >= 15 is 0 Å². The van der Waals surface area contributed by atoms with E-state index in [1.54, 1.807) is 0 Å². The average molecular weight is 261 g/mol. The van der Waals surface area contributed by atoms with Crippen LogP contribution in [-0.4, -0.2) is 4.98 Å². The minimum Gasteiger partial charge on any atom is -0.250 e. The first-order chi connectivity index (χ1) is 8.32. The summed E-state index contributed by atoms with van der Waals surface area (Å²) < 4.78 is 63.1. The number of pyridine rings is 1. The second kappa shape index (κ2) is 4.96. The fourth-order valence-electron chi connectivity index (χ4n) is 1.41. The fraction of sp³-hybridized carbons (Fsp3) is 0.300. The van der Waals surface area contributed by atoms with Crippen molar-refractivity contribution in [1.82, 2.24) is 4.98 Å². The number of hydrogen-bond donors (Lipinski definition) is 0. The molecule has 0 radical (unpaired) electrons. The molecular weight excluding hydrogens is 257 g/mol. The lowest BCUT2D eigenvalue weighted by atomic mass is 9.99. The zero-order chi connectivity index (χ0) is 13.9. The maximum atomic E-state index is 12.7. The van der Waals surface area contributed by atoms with Gasteiger partial charge in [0.25, 0.3) is 6.43 Å². The van der Waals surface area contributed by atoms with Crippen LogP contribution in [-0.2, 0) is 12.6 Å². The molecule has 0 unspecified atom stereocenters. The van der Waals surface area contributed by atoms with Crippen molar-refractivity contribution < 1.29 is 22.0 Å². The summed E-state index contributed by atoms with van der Waals surface area (Å²) >= 11 is 0. The van der Waals surface area contributed by atoms with Gasteiger partial charge in [-0.05, 0) is 0 Å². The highest BCUT2D eigenvalue weighted by atomic mass is 19.4. The number of nitrogens with zero attached hydrogens (tertiary/aromatic N) is 3. The SMILES string of the molecule is N#CCc1c(C(F)(F)F)ncc(C#N)c1C(F)F. The van der Waals surface area contributed by atoms with Crippen LogP contribution in [0.25, 0.3) is 0 Å². The molecule has 18 heavy (non-hydrogen) atoms. The summed E-state index contributed by atoms with van der Waals surface area (Å²) in [6.45, 7) is 0. The molecule has 0 atom stereocenters. The molecule has 0 aliphatic carbocycles. The third kappa shape index (κ3) is 2.54. The Morgan fingerprint density at radius 1 is 1.28 bits per heavy atom. The lowest BCUT2D eigenvalue weighted by molar-refractivity contribution is -0.141. The van der Waals surface area contributed by atoms with Crippen LogP contribution in [0.4, 0.5) is 22.0 Å². The normalized spacial score (nSPS) is 11.1. The average Bonchev–Trinajstić information content (AvgIpc) is 2.26. The summed E-state index contributed by atoms with van der Waals surface area (Å²) in [6.07, 6.45) is -8.70. The van der Waals surface area contributed by atoms with Crippen molar-refractivity contribution >= 4 is 0 Å². The van der Waals surface area contributed by atoms with Crippen molar-refractivity contribution in [3.8, 4) is 12.1 Å². The Bertz CT molecular complexity index is 536. The highest BCUT2D eigenvalue weighted by Crippen LogP contribution is 2.36. The monoisotopic (exact) mass is 261 g/mol. The Morgan fingerprint density at radius 3 is 2.28 bits per heavy atom. The standard InChI is InChI=1S/C10H4F5N3/c11-9(12)7-5(3-17)4-18-8(10(13,14)15)6(7)1-2-16/h4,9H,1H2. The van der Waals surface area contributed by atoms with Gasteiger partial charge in [-0.1, -0.05) is 0 Å². The van der Waals surface area contributed by atoms with Gasteiger partial charge in [0.05, 0.1) is 18.1 Å². The van der Waals surface area contributed by atoms with Crippen LogP contribution in [0.3, 0.4) is 0 Å². The quantitative estimate of drug-likeness (QED) is 0.769. The molecule has 1 aromatic heterocycles. The van der Waals surface area contributed by atoms with Crippen LogP contribution < -0.4 is 0 Å².